The van der Waals surface area contributed by atoms with Crippen LogP contribution < -0.4 is 5.32 Å². The summed E-state index contributed by atoms with van der Waals surface area (Å²) in [7, 11) is 0. The third-order valence-corrected chi connectivity index (χ3v) is 5.24. The minimum Gasteiger partial charge on any atom is -0.357 e. The summed E-state index contributed by atoms with van der Waals surface area (Å²) in [6, 6.07) is 0. The van der Waals surface area contributed by atoms with Gasteiger partial charge in [0.05, 0.1) is 5.01 Å². The highest BCUT2D eigenvalue weighted by Crippen LogP contribution is 2.21. The average Bonchev–Trinajstić information content (AvgIpc) is 2.93. The van der Waals surface area contributed by atoms with Gasteiger partial charge in [-0.25, -0.2) is 4.98 Å². The molecule has 0 spiro atoms. The summed E-state index contributed by atoms with van der Waals surface area (Å²) in [6.07, 6.45) is 5.35. The van der Waals surface area contributed by atoms with Crippen LogP contribution in [0.25, 0.3) is 0 Å². The second-order valence-electron chi connectivity index (χ2n) is 6.41. The maximum atomic E-state index is 4.83. The van der Waals surface area contributed by atoms with Gasteiger partial charge < -0.3 is 10.2 Å². The third kappa shape index (κ3) is 6.57. The second-order valence-corrected chi connectivity index (χ2v) is 7.61. The standard InChI is InChI=1S/C17H30N4S.HI/c1-5-15-10-20-16(22-15)7-8-19-17(18-6-2)21-11-13(3)9-14(4)12-21;/h10,13-14H,5-9,11-12H2,1-4H3,(H,18,19);1H. The summed E-state index contributed by atoms with van der Waals surface area (Å²) in [5.74, 6) is 2.57. The Morgan fingerprint density at radius 1 is 1.35 bits per heavy atom. The molecule has 0 aliphatic carbocycles. The molecule has 1 fully saturated rings. The number of aliphatic imine (C=N–C) groups is 1. The van der Waals surface area contributed by atoms with Gasteiger partial charge in [0.15, 0.2) is 5.96 Å². The maximum Gasteiger partial charge on any atom is 0.193 e. The Hall–Kier alpha value is -0.370. The van der Waals surface area contributed by atoms with Crippen LogP contribution in [0.5, 0.6) is 0 Å². The fourth-order valence-electron chi connectivity index (χ4n) is 3.15. The lowest BCUT2D eigenvalue weighted by molar-refractivity contribution is 0.208. The molecule has 1 aromatic heterocycles. The number of likely N-dealkylation sites (tertiary alicyclic amines) is 1. The third-order valence-electron chi connectivity index (χ3n) is 4.04. The molecule has 0 amide bonds. The van der Waals surface area contributed by atoms with E-state index in [-0.39, 0.29) is 24.0 Å². The van der Waals surface area contributed by atoms with Crippen LogP contribution in [0, 0.1) is 11.8 Å². The molecule has 2 heterocycles. The van der Waals surface area contributed by atoms with Crippen LogP contribution in [0.1, 0.15) is 44.0 Å². The van der Waals surface area contributed by atoms with Crippen molar-refractivity contribution in [3.05, 3.63) is 16.1 Å². The van der Waals surface area contributed by atoms with Crippen LogP contribution >= 0.6 is 35.3 Å². The van der Waals surface area contributed by atoms with Gasteiger partial charge in [0.25, 0.3) is 0 Å². The topological polar surface area (TPSA) is 40.5 Å². The van der Waals surface area contributed by atoms with Crippen LogP contribution in [0.3, 0.4) is 0 Å². The molecule has 0 aromatic carbocycles. The van der Waals surface area contributed by atoms with E-state index in [0.29, 0.717) is 0 Å². The quantitative estimate of drug-likeness (QED) is 0.422. The van der Waals surface area contributed by atoms with E-state index in [0.717, 1.165) is 56.8 Å². The number of nitrogens with zero attached hydrogens (tertiary/aromatic N) is 3. The summed E-state index contributed by atoms with van der Waals surface area (Å²) in [5.41, 5.74) is 0. The first-order valence-corrected chi connectivity index (χ1v) is 9.40. The molecule has 1 aliphatic rings. The Morgan fingerprint density at radius 2 is 2.04 bits per heavy atom. The fourth-order valence-corrected chi connectivity index (χ4v) is 4.00. The van der Waals surface area contributed by atoms with Gasteiger partial charge in [0.2, 0.25) is 0 Å². The van der Waals surface area contributed by atoms with Crippen LogP contribution in [0.4, 0.5) is 0 Å². The highest BCUT2D eigenvalue weighted by atomic mass is 127. The van der Waals surface area contributed by atoms with Crippen LogP contribution in [0.2, 0.25) is 0 Å². The SMILES string of the molecule is CCNC(=NCCc1ncc(CC)s1)N1CC(C)CC(C)C1.I. The van der Waals surface area contributed by atoms with Crippen molar-refractivity contribution < 1.29 is 0 Å². The summed E-state index contributed by atoms with van der Waals surface area (Å²) >= 11 is 1.82. The van der Waals surface area contributed by atoms with Crippen LogP contribution in [-0.4, -0.2) is 42.0 Å². The summed E-state index contributed by atoms with van der Waals surface area (Å²) in [5, 5.41) is 4.66. The van der Waals surface area contributed by atoms with Gasteiger partial charge in [-0.05, 0) is 31.6 Å². The van der Waals surface area contributed by atoms with Crippen molar-refractivity contribution in [1.82, 2.24) is 15.2 Å². The van der Waals surface area contributed by atoms with Crippen LogP contribution in [0.15, 0.2) is 11.2 Å². The average molecular weight is 450 g/mol. The van der Waals surface area contributed by atoms with Gasteiger partial charge in [-0.3, -0.25) is 4.99 Å². The molecule has 1 N–H and O–H groups in total. The van der Waals surface area contributed by atoms with Gasteiger partial charge >= 0.3 is 0 Å². The summed E-state index contributed by atoms with van der Waals surface area (Å²) in [6.45, 7) is 13.0. The summed E-state index contributed by atoms with van der Waals surface area (Å²) < 4.78 is 0. The molecule has 4 nitrogen and oxygen atoms in total. The van der Waals surface area contributed by atoms with E-state index in [1.165, 1.54) is 16.3 Å². The van der Waals surface area contributed by atoms with Crippen LogP contribution in [-0.2, 0) is 12.8 Å². The first-order chi connectivity index (χ1) is 10.6. The predicted molar refractivity (Wildman–Crippen MR) is 111 cm³/mol. The van der Waals surface area contributed by atoms with E-state index < -0.39 is 0 Å². The van der Waals surface area contributed by atoms with Gasteiger partial charge in [0.1, 0.15) is 0 Å². The number of nitrogens with one attached hydrogen (secondary N) is 1. The number of piperidine rings is 1. The summed E-state index contributed by atoms with van der Waals surface area (Å²) in [4.78, 5) is 13.1. The molecular weight excluding hydrogens is 419 g/mol. The molecule has 0 bridgehead atoms. The zero-order valence-electron chi connectivity index (χ0n) is 14.8. The van der Waals surface area contributed by atoms with Crippen molar-refractivity contribution in [3.63, 3.8) is 0 Å². The molecule has 2 atom stereocenters. The molecule has 0 radical (unpaired) electrons. The van der Waals surface area contributed by atoms with E-state index in [1.807, 2.05) is 17.5 Å². The molecule has 1 saturated heterocycles. The minimum atomic E-state index is 0. The number of rotatable bonds is 5. The van der Waals surface area contributed by atoms with Gasteiger partial charge in [-0.2, -0.15) is 0 Å². The van der Waals surface area contributed by atoms with E-state index in [9.17, 15) is 0 Å². The zero-order valence-corrected chi connectivity index (χ0v) is 18.0. The van der Waals surface area contributed by atoms with E-state index >= 15 is 0 Å². The number of aromatic nitrogens is 1. The van der Waals surface area contributed by atoms with Crippen molar-refractivity contribution in [2.75, 3.05) is 26.2 Å². The highest BCUT2D eigenvalue weighted by Gasteiger charge is 2.23. The maximum absolute atomic E-state index is 4.83. The Kier molecular flexibility index (Phi) is 9.43. The Balaban J connectivity index is 0.00000264. The zero-order chi connectivity index (χ0) is 15.9. The smallest absolute Gasteiger partial charge is 0.193 e. The number of halogens is 1. The molecule has 1 aliphatic heterocycles. The van der Waals surface area contributed by atoms with E-state index in [4.69, 9.17) is 4.99 Å². The monoisotopic (exact) mass is 450 g/mol. The molecular formula is C17H31IN4S. The normalized spacial score (nSPS) is 21.9. The molecule has 2 unspecified atom stereocenters. The molecule has 23 heavy (non-hydrogen) atoms. The first-order valence-electron chi connectivity index (χ1n) is 8.59. The molecule has 0 saturated carbocycles. The lowest BCUT2D eigenvalue weighted by atomic mass is 9.92. The molecule has 2 rings (SSSR count). The number of thiazole rings is 1. The van der Waals surface area contributed by atoms with Crippen molar-refractivity contribution in [2.24, 2.45) is 16.8 Å². The number of hydrogen-bond donors (Lipinski definition) is 1. The number of hydrogen-bond acceptors (Lipinski definition) is 3. The lowest BCUT2D eigenvalue weighted by Crippen LogP contribution is -2.48. The number of guanidine groups is 1. The Labute approximate surface area is 162 Å². The van der Waals surface area contributed by atoms with Crippen molar-refractivity contribution in [3.8, 4) is 0 Å². The highest BCUT2D eigenvalue weighted by molar-refractivity contribution is 14.0. The first kappa shape index (κ1) is 20.7. The predicted octanol–water partition coefficient (Wildman–Crippen LogP) is 3.81. The Morgan fingerprint density at radius 3 is 2.61 bits per heavy atom. The van der Waals surface area contributed by atoms with E-state index in [1.54, 1.807) is 0 Å². The van der Waals surface area contributed by atoms with Crippen molar-refractivity contribution >= 4 is 41.3 Å². The van der Waals surface area contributed by atoms with Crippen molar-refractivity contribution in [2.45, 2.75) is 47.0 Å². The van der Waals surface area contributed by atoms with Crippen molar-refractivity contribution in [1.29, 1.82) is 0 Å². The van der Waals surface area contributed by atoms with Gasteiger partial charge in [-0.15, -0.1) is 35.3 Å². The van der Waals surface area contributed by atoms with E-state index in [2.05, 4.69) is 42.9 Å². The number of aryl methyl sites for hydroxylation is 1. The Bertz CT molecular complexity index is 479. The minimum absolute atomic E-state index is 0. The molecule has 132 valence electrons. The lowest BCUT2D eigenvalue weighted by Gasteiger charge is -2.37. The van der Waals surface area contributed by atoms with Gasteiger partial charge in [0, 0.05) is 43.7 Å². The molecule has 6 heteroatoms. The van der Waals surface area contributed by atoms with Gasteiger partial charge in [-0.1, -0.05) is 20.8 Å². The second kappa shape index (κ2) is 10.5. The largest absolute Gasteiger partial charge is 0.357 e. The fraction of sp³-hybridized carbons (Fsp3) is 0.765. The molecule has 1 aromatic rings.